The van der Waals surface area contributed by atoms with Gasteiger partial charge in [-0.15, -0.1) is 0 Å². The summed E-state index contributed by atoms with van der Waals surface area (Å²) in [6.07, 6.45) is 1.79. The number of rotatable bonds is 3. The predicted octanol–water partition coefficient (Wildman–Crippen LogP) is 4.85. The van der Waals surface area contributed by atoms with Crippen LogP contribution < -0.4 is 10.2 Å². The molecule has 1 aliphatic rings. The number of hydrogen-bond donors (Lipinski definition) is 1. The number of ether oxygens (including phenoxy) is 1. The molecule has 0 bridgehead atoms. The molecule has 0 saturated carbocycles. The molecule has 25 heavy (non-hydrogen) atoms. The second-order valence-corrected chi connectivity index (χ2v) is 6.17. The standard InChI is InChI=1S/C19H17ClF2N2O/c1-11-18(19-16(21)8-14(25-3)9-17(19)22)15(10-24(2)23-11)12-4-6-13(20)7-5-12/h4-10,23H,1-3H3. The van der Waals surface area contributed by atoms with E-state index in [9.17, 15) is 8.78 Å². The minimum absolute atomic E-state index is 0.0971. The molecule has 0 spiro atoms. The molecular weight excluding hydrogens is 346 g/mol. The fourth-order valence-electron chi connectivity index (χ4n) is 2.89. The zero-order valence-electron chi connectivity index (χ0n) is 14.0. The fourth-order valence-corrected chi connectivity index (χ4v) is 3.02. The Morgan fingerprint density at radius 2 is 1.68 bits per heavy atom. The molecule has 0 radical (unpaired) electrons. The van der Waals surface area contributed by atoms with Gasteiger partial charge in [-0.2, -0.15) is 0 Å². The van der Waals surface area contributed by atoms with Crippen LogP contribution >= 0.6 is 11.6 Å². The summed E-state index contributed by atoms with van der Waals surface area (Å²) in [4.78, 5) is 0. The van der Waals surface area contributed by atoms with Gasteiger partial charge in [0.25, 0.3) is 0 Å². The van der Waals surface area contributed by atoms with Gasteiger partial charge in [-0.05, 0) is 24.6 Å². The van der Waals surface area contributed by atoms with E-state index in [-0.39, 0.29) is 11.3 Å². The fraction of sp³-hybridized carbons (Fsp3) is 0.158. The molecule has 1 aliphatic heterocycles. The molecule has 0 unspecified atom stereocenters. The normalized spacial score (nSPS) is 14.3. The second-order valence-electron chi connectivity index (χ2n) is 5.74. The number of halogens is 3. The highest BCUT2D eigenvalue weighted by Crippen LogP contribution is 2.39. The quantitative estimate of drug-likeness (QED) is 0.844. The highest BCUT2D eigenvalue weighted by Gasteiger charge is 2.25. The lowest BCUT2D eigenvalue weighted by molar-refractivity contribution is 0.368. The zero-order chi connectivity index (χ0) is 18.1. The van der Waals surface area contributed by atoms with Crippen molar-refractivity contribution in [2.75, 3.05) is 14.2 Å². The average molecular weight is 363 g/mol. The molecule has 6 heteroatoms. The summed E-state index contributed by atoms with van der Waals surface area (Å²) in [5.41, 5.74) is 5.56. The third-order valence-electron chi connectivity index (χ3n) is 3.97. The lowest BCUT2D eigenvalue weighted by Gasteiger charge is -2.29. The molecule has 1 heterocycles. The third kappa shape index (κ3) is 3.33. The van der Waals surface area contributed by atoms with Crippen LogP contribution in [0.3, 0.4) is 0 Å². The Kier molecular flexibility index (Phi) is 4.68. The Morgan fingerprint density at radius 3 is 2.24 bits per heavy atom. The van der Waals surface area contributed by atoms with E-state index in [4.69, 9.17) is 16.3 Å². The van der Waals surface area contributed by atoms with Gasteiger partial charge in [-0.1, -0.05) is 23.7 Å². The van der Waals surface area contributed by atoms with E-state index in [1.54, 1.807) is 30.3 Å². The van der Waals surface area contributed by atoms with Gasteiger partial charge in [0.2, 0.25) is 0 Å². The Labute approximate surface area is 150 Å². The van der Waals surface area contributed by atoms with E-state index < -0.39 is 11.6 Å². The van der Waals surface area contributed by atoms with E-state index in [0.29, 0.717) is 21.9 Å². The summed E-state index contributed by atoms with van der Waals surface area (Å²) < 4.78 is 34.3. The smallest absolute Gasteiger partial charge is 0.137 e. The lowest BCUT2D eigenvalue weighted by atomic mass is 9.90. The van der Waals surface area contributed by atoms with Crippen LogP contribution in [0.5, 0.6) is 5.75 Å². The summed E-state index contributed by atoms with van der Waals surface area (Å²) in [5.74, 6) is -1.23. The van der Waals surface area contributed by atoms with E-state index in [1.807, 2.05) is 19.2 Å². The highest BCUT2D eigenvalue weighted by molar-refractivity contribution is 6.30. The van der Waals surface area contributed by atoms with E-state index in [2.05, 4.69) is 5.43 Å². The molecule has 0 saturated heterocycles. The largest absolute Gasteiger partial charge is 0.497 e. The van der Waals surface area contributed by atoms with Crippen molar-refractivity contribution in [2.45, 2.75) is 6.92 Å². The molecule has 0 amide bonds. The summed E-state index contributed by atoms with van der Waals surface area (Å²) in [6, 6.07) is 9.48. The van der Waals surface area contributed by atoms with Gasteiger partial charge in [0, 0.05) is 47.2 Å². The first-order valence-corrected chi connectivity index (χ1v) is 8.00. The summed E-state index contributed by atoms with van der Waals surface area (Å²) in [7, 11) is 3.19. The minimum atomic E-state index is -0.683. The first kappa shape index (κ1) is 17.3. The number of hydrazine groups is 1. The van der Waals surface area contributed by atoms with Crippen LogP contribution in [0.25, 0.3) is 11.1 Å². The minimum Gasteiger partial charge on any atom is -0.497 e. The number of benzene rings is 2. The zero-order valence-corrected chi connectivity index (χ0v) is 14.8. The van der Waals surface area contributed by atoms with Crippen LogP contribution in [-0.4, -0.2) is 19.2 Å². The molecule has 2 aromatic rings. The molecule has 0 aliphatic carbocycles. The van der Waals surface area contributed by atoms with Crippen LogP contribution in [0.2, 0.25) is 5.02 Å². The molecule has 3 nitrogen and oxygen atoms in total. The van der Waals surface area contributed by atoms with Crippen molar-refractivity contribution < 1.29 is 13.5 Å². The molecule has 130 valence electrons. The Bertz CT molecular complexity index is 852. The van der Waals surface area contributed by atoms with Gasteiger partial charge >= 0.3 is 0 Å². The SMILES string of the molecule is COc1cc(F)c(C2=C(C)NN(C)C=C2c2ccc(Cl)cc2)c(F)c1. The van der Waals surface area contributed by atoms with Crippen molar-refractivity contribution in [1.82, 2.24) is 10.4 Å². The average Bonchev–Trinajstić information content (AvgIpc) is 2.56. The number of nitrogens with zero attached hydrogens (tertiary/aromatic N) is 1. The number of nitrogens with one attached hydrogen (secondary N) is 1. The van der Waals surface area contributed by atoms with Gasteiger partial charge in [-0.3, -0.25) is 5.01 Å². The van der Waals surface area contributed by atoms with Gasteiger partial charge in [-0.25, -0.2) is 8.78 Å². The van der Waals surface area contributed by atoms with Gasteiger partial charge in [0.15, 0.2) is 0 Å². The molecule has 0 aromatic heterocycles. The number of methoxy groups -OCH3 is 1. The summed E-state index contributed by atoms with van der Waals surface area (Å²) >= 11 is 5.96. The maximum Gasteiger partial charge on any atom is 0.137 e. The first-order chi connectivity index (χ1) is 11.9. The molecule has 2 aromatic carbocycles. The molecule has 0 atom stereocenters. The second kappa shape index (κ2) is 6.76. The maximum atomic E-state index is 14.7. The van der Waals surface area contributed by atoms with Crippen molar-refractivity contribution >= 4 is 22.7 Å². The van der Waals surface area contributed by atoms with Crippen LogP contribution in [0.1, 0.15) is 18.1 Å². The molecule has 1 N–H and O–H groups in total. The van der Waals surface area contributed by atoms with Crippen LogP contribution in [0, 0.1) is 11.6 Å². The first-order valence-electron chi connectivity index (χ1n) is 7.62. The van der Waals surface area contributed by atoms with E-state index in [1.165, 1.54) is 19.2 Å². The highest BCUT2D eigenvalue weighted by atomic mass is 35.5. The van der Waals surface area contributed by atoms with Crippen molar-refractivity contribution in [3.63, 3.8) is 0 Å². The third-order valence-corrected chi connectivity index (χ3v) is 4.22. The van der Waals surface area contributed by atoms with E-state index in [0.717, 1.165) is 5.56 Å². The van der Waals surface area contributed by atoms with Crippen molar-refractivity contribution in [1.29, 1.82) is 0 Å². The Balaban J connectivity index is 2.20. The van der Waals surface area contributed by atoms with Crippen molar-refractivity contribution in [2.24, 2.45) is 0 Å². The Hall–Kier alpha value is -2.53. The van der Waals surface area contributed by atoms with Gasteiger partial charge in [0.05, 0.1) is 12.7 Å². The maximum absolute atomic E-state index is 14.7. The summed E-state index contributed by atoms with van der Waals surface area (Å²) in [6.45, 7) is 1.78. The topological polar surface area (TPSA) is 24.5 Å². The summed E-state index contributed by atoms with van der Waals surface area (Å²) in [5, 5.41) is 2.33. The number of hydrogen-bond acceptors (Lipinski definition) is 3. The van der Waals surface area contributed by atoms with Gasteiger partial charge in [0.1, 0.15) is 17.4 Å². The molecule has 0 fully saturated rings. The van der Waals surface area contributed by atoms with Crippen molar-refractivity contribution in [3.05, 3.63) is 76.1 Å². The van der Waals surface area contributed by atoms with Crippen LogP contribution in [0.4, 0.5) is 8.78 Å². The molecule has 3 rings (SSSR count). The predicted molar refractivity (Wildman–Crippen MR) is 95.8 cm³/mol. The van der Waals surface area contributed by atoms with Crippen LogP contribution in [-0.2, 0) is 0 Å². The Morgan fingerprint density at radius 1 is 1.08 bits per heavy atom. The lowest BCUT2D eigenvalue weighted by Crippen LogP contribution is -2.32. The van der Waals surface area contributed by atoms with Gasteiger partial charge < -0.3 is 10.2 Å². The number of allylic oxidation sites excluding steroid dienone is 3. The van der Waals surface area contributed by atoms with E-state index >= 15 is 0 Å². The monoisotopic (exact) mass is 362 g/mol. The molecular formula is C19H17ClF2N2O. The van der Waals surface area contributed by atoms with Crippen molar-refractivity contribution in [3.8, 4) is 5.75 Å². The van der Waals surface area contributed by atoms with Crippen LogP contribution in [0.15, 0.2) is 48.3 Å².